The summed E-state index contributed by atoms with van der Waals surface area (Å²) in [6, 6.07) is 11.4. The fraction of sp³-hybridized carbons (Fsp3) is 0.292. The molecule has 4 rings (SSSR count). The lowest BCUT2D eigenvalue weighted by Gasteiger charge is -2.37. The zero-order valence-electron chi connectivity index (χ0n) is 17.7. The lowest BCUT2D eigenvalue weighted by molar-refractivity contribution is -0.127. The molecule has 0 spiro atoms. The van der Waals surface area contributed by atoms with Crippen LogP contribution >= 0.6 is 0 Å². The molecule has 1 N–H and O–H groups in total. The molecule has 0 radical (unpaired) electrons. The van der Waals surface area contributed by atoms with E-state index in [1.54, 1.807) is 30.3 Å². The third-order valence-electron chi connectivity index (χ3n) is 5.11. The summed E-state index contributed by atoms with van der Waals surface area (Å²) in [7, 11) is 0. The van der Waals surface area contributed by atoms with Crippen LogP contribution in [0.3, 0.4) is 0 Å². The van der Waals surface area contributed by atoms with Gasteiger partial charge in [0.1, 0.15) is 17.4 Å². The Morgan fingerprint density at radius 3 is 2.47 bits per heavy atom. The molecule has 3 aromatic rings. The van der Waals surface area contributed by atoms with Gasteiger partial charge in [-0.2, -0.15) is 0 Å². The van der Waals surface area contributed by atoms with E-state index in [0.29, 0.717) is 28.0 Å². The first-order valence-corrected chi connectivity index (χ1v) is 9.87. The number of hydrogen-bond donors (Lipinski definition) is 1. The molecule has 0 saturated carbocycles. The highest BCUT2D eigenvalue weighted by Gasteiger charge is 2.42. The standard InChI is InChI=1S/C24H24N2O4/c1-13-10-11-18-16(12-13)21(28)19-20(23(29)25-24(3,4)5)26(14(2)27)17-9-7-6-8-15(17)22(19)30-18/h6-12,20H,1-5H3,(H,25,29). The van der Waals surface area contributed by atoms with Crippen LogP contribution in [0.1, 0.15) is 44.9 Å². The van der Waals surface area contributed by atoms with Crippen LogP contribution in [0.15, 0.2) is 51.7 Å². The SMILES string of the molecule is CC(=O)N1c2ccccc2-c2oc3ccc(C)cc3c(=O)c2C1C(=O)NC(C)(C)C. The number of fused-ring (bicyclic) bond motifs is 4. The van der Waals surface area contributed by atoms with Gasteiger partial charge in [0.2, 0.25) is 11.8 Å². The van der Waals surface area contributed by atoms with Gasteiger partial charge in [0.25, 0.3) is 0 Å². The minimum absolute atomic E-state index is 0.184. The molecule has 6 heteroatoms. The predicted octanol–water partition coefficient (Wildman–Crippen LogP) is 4.09. The molecule has 1 aliphatic rings. The summed E-state index contributed by atoms with van der Waals surface area (Å²) in [4.78, 5) is 41.1. The van der Waals surface area contributed by atoms with Crippen molar-refractivity contribution in [1.29, 1.82) is 0 Å². The topological polar surface area (TPSA) is 79.6 Å². The van der Waals surface area contributed by atoms with Gasteiger partial charge in [0.15, 0.2) is 5.43 Å². The molecule has 1 aliphatic heterocycles. The van der Waals surface area contributed by atoms with Gasteiger partial charge in [-0.25, -0.2) is 0 Å². The Morgan fingerprint density at radius 1 is 1.10 bits per heavy atom. The van der Waals surface area contributed by atoms with E-state index in [1.165, 1.54) is 11.8 Å². The van der Waals surface area contributed by atoms with E-state index in [0.717, 1.165) is 5.56 Å². The second-order valence-corrected chi connectivity index (χ2v) is 8.72. The van der Waals surface area contributed by atoms with Gasteiger partial charge in [-0.15, -0.1) is 0 Å². The Morgan fingerprint density at radius 2 is 1.80 bits per heavy atom. The predicted molar refractivity (Wildman–Crippen MR) is 116 cm³/mol. The number of amides is 2. The molecule has 2 heterocycles. The van der Waals surface area contributed by atoms with Crippen LogP contribution in [0.5, 0.6) is 0 Å². The zero-order chi connectivity index (χ0) is 21.8. The quantitative estimate of drug-likeness (QED) is 0.662. The Balaban J connectivity index is 2.10. The minimum atomic E-state index is -1.12. The van der Waals surface area contributed by atoms with Crippen molar-refractivity contribution in [3.63, 3.8) is 0 Å². The fourth-order valence-electron chi connectivity index (χ4n) is 3.95. The first kappa shape index (κ1) is 19.9. The number of para-hydroxylation sites is 1. The fourth-order valence-corrected chi connectivity index (χ4v) is 3.95. The van der Waals surface area contributed by atoms with E-state index in [-0.39, 0.29) is 16.9 Å². The largest absolute Gasteiger partial charge is 0.455 e. The first-order valence-electron chi connectivity index (χ1n) is 9.87. The Hall–Kier alpha value is -3.41. The molecule has 1 atom stereocenters. The van der Waals surface area contributed by atoms with Crippen molar-refractivity contribution in [3.05, 3.63) is 63.8 Å². The maximum atomic E-state index is 13.6. The average Bonchev–Trinajstić information content (AvgIpc) is 2.66. The van der Waals surface area contributed by atoms with Crippen molar-refractivity contribution in [3.8, 4) is 11.3 Å². The van der Waals surface area contributed by atoms with Crippen LogP contribution in [0.2, 0.25) is 0 Å². The van der Waals surface area contributed by atoms with Gasteiger partial charge in [0.05, 0.1) is 16.6 Å². The van der Waals surface area contributed by atoms with E-state index in [9.17, 15) is 14.4 Å². The van der Waals surface area contributed by atoms with E-state index >= 15 is 0 Å². The van der Waals surface area contributed by atoms with E-state index in [4.69, 9.17) is 4.42 Å². The number of rotatable bonds is 1. The van der Waals surface area contributed by atoms with Crippen LogP contribution < -0.4 is 15.6 Å². The molecule has 154 valence electrons. The molecule has 6 nitrogen and oxygen atoms in total. The number of nitrogens with one attached hydrogen (secondary N) is 1. The summed E-state index contributed by atoms with van der Waals surface area (Å²) < 4.78 is 6.17. The monoisotopic (exact) mass is 404 g/mol. The van der Waals surface area contributed by atoms with Crippen LogP contribution in [0.4, 0.5) is 5.69 Å². The highest BCUT2D eigenvalue weighted by Crippen LogP contribution is 2.44. The number of carbonyl (C=O) groups excluding carboxylic acids is 2. The molecule has 2 amide bonds. The average molecular weight is 404 g/mol. The van der Waals surface area contributed by atoms with Gasteiger partial charge >= 0.3 is 0 Å². The number of nitrogens with zero attached hydrogens (tertiary/aromatic N) is 1. The summed E-state index contributed by atoms with van der Waals surface area (Å²) in [5.74, 6) is -0.419. The molecular formula is C24H24N2O4. The summed E-state index contributed by atoms with van der Waals surface area (Å²) >= 11 is 0. The summed E-state index contributed by atoms with van der Waals surface area (Å²) in [6.45, 7) is 8.85. The number of aryl methyl sites for hydroxylation is 1. The smallest absolute Gasteiger partial charge is 0.248 e. The Labute approximate surface area is 174 Å². The molecule has 0 bridgehead atoms. The van der Waals surface area contributed by atoms with E-state index in [1.807, 2.05) is 39.8 Å². The van der Waals surface area contributed by atoms with Crippen molar-refractivity contribution in [2.75, 3.05) is 4.90 Å². The Bertz CT molecular complexity index is 1250. The number of hydrogen-bond acceptors (Lipinski definition) is 4. The van der Waals surface area contributed by atoms with Gasteiger partial charge in [-0.3, -0.25) is 19.3 Å². The molecular weight excluding hydrogens is 380 g/mol. The lowest BCUT2D eigenvalue weighted by atomic mass is 9.90. The van der Waals surface area contributed by atoms with Crippen LogP contribution in [-0.2, 0) is 9.59 Å². The van der Waals surface area contributed by atoms with Gasteiger partial charge in [-0.1, -0.05) is 23.8 Å². The number of anilines is 1. The van der Waals surface area contributed by atoms with Crippen LogP contribution in [0, 0.1) is 6.92 Å². The lowest BCUT2D eigenvalue weighted by Crippen LogP contribution is -2.51. The maximum absolute atomic E-state index is 13.6. The molecule has 1 unspecified atom stereocenters. The first-order chi connectivity index (χ1) is 14.1. The molecule has 0 aliphatic carbocycles. The third-order valence-corrected chi connectivity index (χ3v) is 5.11. The van der Waals surface area contributed by atoms with Crippen molar-refractivity contribution >= 4 is 28.5 Å². The second-order valence-electron chi connectivity index (χ2n) is 8.72. The van der Waals surface area contributed by atoms with Crippen LogP contribution in [-0.4, -0.2) is 17.4 Å². The molecule has 30 heavy (non-hydrogen) atoms. The van der Waals surface area contributed by atoms with Gasteiger partial charge in [0, 0.05) is 18.0 Å². The van der Waals surface area contributed by atoms with E-state index < -0.39 is 17.5 Å². The van der Waals surface area contributed by atoms with E-state index in [2.05, 4.69) is 5.32 Å². The second kappa shape index (κ2) is 6.83. The normalized spacial score (nSPS) is 15.5. The van der Waals surface area contributed by atoms with Crippen LogP contribution in [0.25, 0.3) is 22.3 Å². The minimum Gasteiger partial charge on any atom is -0.455 e. The van der Waals surface area contributed by atoms with Gasteiger partial charge < -0.3 is 9.73 Å². The molecule has 0 saturated heterocycles. The summed E-state index contributed by atoms with van der Waals surface area (Å²) in [5.41, 5.74) is 1.86. The third kappa shape index (κ3) is 3.18. The molecule has 1 aromatic heterocycles. The summed E-state index contributed by atoms with van der Waals surface area (Å²) in [6.07, 6.45) is 0. The van der Waals surface area contributed by atoms with Crippen molar-refractivity contribution < 1.29 is 14.0 Å². The zero-order valence-corrected chi connectivity index (χ0v) is 17.7. The number of carbonyl (C=O) groups is 2. The van der Waals surface area contributed by atoms with Crippen molar-refractivity contribution in [1.82, 2.24) is 5.32 Å². The Kier molecular flexibility index (Phi) is 4.53. The summed E-state index contributed by atoms with van der Waals surface area (Å²) in [5, 5.41) is 3.31. The maximum Gasteiger partial charge on any atom is 0.248 e. The molecule has 2 aromatic carbocycles. The molecule has 0 fully saturated rings. The highest BCUT2D eigenvalue weighted by molar-refractivity contribution is 6.06. The number of benzene rings is 2. The van der Waals surface area contributed by atoms with Gasteiger partial charge in [-0.05, 0) is 52.0 Å². The van der Waals surface area contributed by atoms with Crippen molar-refractivity contribution in [2.45, 2.75) is 46.2 Å². The highest BCUT2D eigenvalue weighted by atomic mass is 16.3. The van der Waals surface area contributed by atoms with Crippen molar-refractivity contribution in [2.24, 2.45) is 0 Å².